The summed E-state index contributed by atoms with van der Waals surface area (Å²) in [5.41, 5.74) is 0. The van der Waals surface area contributed by atoms with E-state index in [4.69, 9.17) is 0 Å². The lowest BCUT2D eigenvalue weighted by molar-refractivity contribution is -0.126. The van der Waals surface area contributed by atoms with Crippen LogP contribution in [0.4, 0.5) is 0 Å². The number of fused-ring (bicyclic) bond motifs is 2. The zero-order valence-electron chi connectivity index (χ0n) is 10.3. The Kier molecular flexibility index (Phi) is 3.19. The summed E-state index contributed by atoms with van der Waals surface area (Å²) in [4.78, 5) is 12.3. The van der Waals surface area contributed by atoms with Crippen LogP contribution in [0, 0.1) is 17.8 Å². The van der Waals surface area contributed by atoms with Crippen molar-refractivity contribution in [3.05, 3.63) is 12.2 Å². The van der Waals surface area contributed by atoms with Gasteiger partial charge in [-0.2, -0.15) is 0 Å². The Bertz CT molecular complexity index is 318. The fourth-order valence-corrected chi connectivity index (χ4v) is 3.55. The molecule has 94 valence electrons. The fourth-order valence-electron chi connectivity index (χ4n) is 3.55. The highest BCUT2D eigenvalue weighted by Crippen LogP contribution is 2.43. The molecule has 4 atom stereocenters. The number of allylic oxidation sites excluding steroid dienone is 2. The summed E-state index contributed by atoms with van der Waals surface area (Å²) in [6, 6.07) is 0.403. The van der Waals surface area contributed by atoms with Crippen LogP contribution in [-0.2, 0) is 4.79 Å². The van der Waals surface area contributed by atoms with Crippen molar-refractivity contribution in [3.8, 4) is 0 Å². The summed E-state index contributed by atoms with van der Waals surface area (Å²) in [6.07, 6.45) is 10.2. The van der Waals surface area contributed by atoms with Gasteiger partial charge in [-0.15, -0.1) is 0 Å². The first-order valence-electron chi connectivity index (χ1n) is 7.02. The van der Waals surface area contributed by atoms with E-state index in [-0.39, 0.29) is 5.92 Å². The van der Waals surface area contributed by atoms with E-state index in [2.05, 4.69) is 22.8 Å². The van der Waals surface area contributed by atoms with Gasteiger partial charge in [0.2, 0.25) is 5.91 Å². The Labute approximate surface area is 103 Å². The highest BCUT2D eigenvalue weighted by Gasteiger charge is 2.40. The minimum Gasteiger partial charge on any atom is -0.353 e. The number of rotatable bonds is 2. The molecule has 2 aliphatic carbocycles. The predicted molar refractivity (Wildman–Crippen MR) is 67.5 cm³/mol. The summed E-state index contributed by atoms with van der Waals surface area (Å²) in [6.45, 7) is 2.14. The van der Waals surface area contributed by atoms with Crippen LogP contribution in [-0.4, -0.2) is 25.0 Å². The second kappa shape index (κ2) is 4.81. The highest BCUT2D eigenvalue weighted by molar-refractivity contribution is 5.80. The third-order valence-corrected chi connectivity index (χ3v) is 4.54. The molecule has 1 heterocycles. The molecule has 2 fully saturated rings. The molecular weight excluding hydrogens is 212 g/mol. The minimum atomic E-state index is 0.265. The average molecular weight is 234 g/mol. The van der Waals surface area contributed by atoms with E-state index in [0.29, 0.717) is 23.8 Å². The zero-order valence-corrected chi connectivity index (χ0v) is 10.3. The molecule has 17 heavy (non-hydrogen) atoms. The quantitative estimate of drug-likeness (QED) is 0.710. The van der Waals surface area contributed by atoms with Gasteiger partial charge in [-0.3, -0.25) is 4.79 Å². The monoisotopic (exact) mass is 234 g/mol. The van der Waals surface area contributed by atoms with Gasteiger partial charge in [0.1, 0.15) is 0 Å². The number of amides is 1. The van der Waals surface area contributed by atoms with Crippen molar-refractivity contribution >= 4 is 5.91 Å². The van der Waals surface area contributed by atoms with Crippen LogP contribution >= 0.6 is 0 Å². The molecule has 0 aromatic carbocycles. The normalized spacial score (nSPS) is 40.2. The summed E-state index contributed by atoms with van der Waals surface area (Å²) in [5.74, 6) is 1.80. The molecule has 1 aliphatic heterocycles. The largest absolute Gasteiger partial charge is 0.353 e. The summed E-state index contributed by atoms with van der Waals surface area (Å²) >= 11 is 0. The van der Waals surface area contributed by atoms with Crippen LogP contribution in [0.1, 0.15) is 32.1 Å². The van der Waals surface area contributed by atoms with Gasteiger partial charge >= 0.3 is 0 Å². The first-order chi connectivity index (χ1) is 8.33. The molecule has 0 aromatic rings. The first-order valence-corrected chi connectivity index (χ1v) is 7.02. The number of carbonyl (C=O) groups excluding carboxylic acids is 1. The topological polar surface area (TPSA) is 41.1 Å². The molecule has 4 unspecified atom stereocenters. The number of nitrogens with one attached hydrogen (secondary N) is 2. The van der Waals surface area contributed by atoms with Gasteiger partial charge in [0.25, 0.3) is 0 Å². The van der Waals surface area contributed by atoms with Gasteiger partial charge < -0.3 is 10.6 Å². The molecule has 3 heteroatoms. The lowest BCUT2D eigenvalue weighted by Gasteiger charge is -2.22. The fraction of sp³-hybridized carbons (Fsp3) is 0.786. The van der Waals surface area contributed by atoms with Crippen molar-refractivity contribution in [2.75, 3.05) is 13.1 Å². The van der Waals surface area contributed by atoms with Crippen molar-refractivity contribution in [1.29, 1.82) is 0 Å². The molecule has 3 nitrogen and oxygen atoms in total. The van der Waals surface area contributed by atoms with Gasteiger partial charge in [0.05, 0.1) is 0 Å². The molecule has 2 N–H and O–H groups in total. The molecule has 2 bridgehead atoms. The lowest BCUT2D eigenvalue weighted by atomic mass is 9.92. The van der Waals surface area contributed by atoms with Crippen LogP contribution in [0.2, 0.25) is 0 Å². The molecule has 3 aliphatic rings. The predicted octanol–water partition coefficient (Wildman–Crippen LogP) is 1.46. The molecule has 1 saturated carbocycles. The second-order valence-electron chi connectivity index (χ2n) is 5.77. The Morgan fingerprint density at radius 1 is 1.18 bits per heavy atom. The maximum atomic E-state index is 12.3. The lowest BCUT2D eigenvalue weighted by Crippen LogP contribution is -2.40. The van der Waals surface area contributed by atoms with Crippen LogP contribution in [0.5, 0.6) is 0 Å². The average Bonchev–Trinajstić information content (AvgIpc) is 2.87. The molecule has 3 rings (SSSR count). The van der Waals surface area contributed by atoms with Crippen molar-refractivity contribution in [2.45, 2.75) is 38.1 Å². The van der Waals surface area contributed by atoms with Crippen LogP contribution in [0.25, 0.3) is 0 Å². The van der Waals surface area contributed by atoms with E-state index < -0.39 is 0 Å². The van der Waals surface area contributed by atoms with Crippen molar-refractivity contribution in [2.24, 2.45) is 17.8 Å². The Morgan fingerprint density at radius 3 is 2.88 bits per heavy atom. The molecule has 1 saturated heterocycles. The minimum absolute atomic E-state index is 0.265. The van der Waals surface area contributed by atoms with E-state index in [1.807, 2.05) is 0 Å². The van der Waals surface area contributed by atoms with E-state index in [0.717, 1.165) is 32.4 Å². The SMILES string of the molecule is O=C(NC1CCCNCC1)C1CC2C=CC1C2. The van der Waals surface area contributed by atoms with E-state index in [1.54, 1.807) is 0 Å². The van der Waals surface area contributed by atoms with Gasteiger partial charge in [0.15, 0.2) is 0 Å². The van der Waals surface area contributed by atoms with Crippen molar-refractivity contribution in [1.82, 2.24) is 10.6 Å². The van der Waals surface area contributed by atoms with E-state index in [1.165, 1.54) is 12.8 Å². The third-order valence-electron chi connectivity index (χ3n) is 4.54. The molecule has 1 amide bonds. The van der Waals surface area contributed by atoms with Gasteiger partial charge in [-0.25, -0.2) is 0 Å². The van der Waals surface area contributed by atoms with Crippen LogP contribution in [0.3, 0.4) is 0 Å². The first kappa shape index (κ1) is 11.3. The smallest absolute Gasteiger partial charge is 0.223 e. The summed E-state index contributed by atoms with van der Waals surface area (Å²) in [7, 11) is 0. The maximum absolute atomic E-state index is 12.3. The van der Waals surface area contributed by atoms with Crippen molar-refractivity contribution < 1.29 is 4.79 Å². The molecule has 0 spiro atoms. The highest BCUT2D eigenvalue weighted by atomic mass is 16.2. The van der Waals surface area contributed by atoms with Gasteiger partial charge in [-0.1, -0.05) is 12.2 Å². The Morgan fingerprint density at radius 2 is 2.12 bits per heavy atom. The van der Waals surface area contributed by atoms with E-state index >= 15 is 0 Å². The maximum Gasteiger partial charge on any atom is 0.223 e. The van der Waals surface area contributed by atoms with Gasteiger partial charge in [0, 0.05) is 12.0 Å². The van der Waals surface area contributed by atoms with Crippen LogP contribution in [0.15, 0.2) is 12.2 Å². The Hall–Kier alpha value is -0.830. The van der Waals surface area contributed by atoms with Gasteiger partial charge in [-0.05, 0) is 57.0 Å². The number of hydrogen-bond acceptors (Lipinski definition) is 2. The second-order valence-corrected chi connectivity index (χ2v) is 5.77. The van der Waals surface area contributed by atoms with E-state index in [9.17, 15) is 4.79 Å². The number of carbonyl (C=O) groups is 1. The molecular formula is C14H22N2O. The van der Waals surface area contributed by atoms with Crippen LogP contribution < -0.4 is 10.6 Å². The zero-order chi connectivity index (χ0) is 11.7. The summed E-state index contributed by atoms with van der Waals surface area (Å²) in [5, 5.41) is 6.66. The van der Waals surface area contributed by atoms with Crippen molar-refractivity contribution in [3.63, 3.8) is 0 Å². The third kappa shape index (κ3) is 2.39. The summed E-state index contributed by atoms with van der Waals surface area (Å²) < 4.78 is 0. The molecule has 0 aromatic heterocycles. The number of hydrogen-bond donors (Lipinski definition) is 2. The standard InChI is InChI=1S/C14H22N2O/c17-14(13-9-10-3-4-11(13)8-10)16-12-2-1-6-15-7-5-12/h3-4,10-13,15H,1-2,5-9H2,(H,16,17). The molecule has 0 radical (unpaired) electrons. The Balaban J connectivity index is 1.54.